The van der Waals surface area contributed by atoms with Gasteiger partial charge in [0.15, 0.2) is 12.4 Å². The van der Waals surface area contributed by atoms with E-state index in [2.05, 4.69) is 5.32 Å². The van der Waals surface area contributed by atoms with Gasteiger partial charge in [0, 0.05) is 6.54 Å². The summed E-state index contributed by atoms with van der Waals surface area (Å²) in [5.74, 6) is 0.175. The van der Waals surface area contributed by atoms with Crippen molar-refractivity contribution in [3.8, 4) is 5.75 Å². The Morgan fingerprint density at radius 1 is 1.31 bits per heavy atom. The van der Waals surface area contributed by atoms with Crippen molar-refractivity contribution in [2.45, 2.75) is 13.8 Å². The van der Waals surface area contributed by atoms with Gasteiger partial charge in [-0.05, 0) is 26.0 Å². The molecule has 1 aromatic carbocycles. The predicted molar refractivity (Wildman–Crippen MR) is 60.6 cm³/mol. The summed E-state index contributed by atoms with van der Waals surface area (Å²) < 4.78 is 5.28. The predicted octanol–water partition coefficient (Wildman–Crippen LogP) is 1.40. The number of likely N-dealkylation sites (N-methyl/N-ethyl adjacent to an activating group) is 1. The van der Waals surface area contributed by atoms with E-state index in [0.717, 1.165) is 0 Å². The lowest BCUT2D eigenvalue weighted by Gasteiger charge is -2.08. The quantitative estimate of drug-likeness (QED) is 0.765. The third kappa shape index (κ3) is 3.38. The number of Topliss-reactive ketones (excluding diaryl/α,β-unsaturated/α-hetero) is 1. The van der Waals surface area contributed by atoms with E-state index < -0.39 is 0 Å². The van der Waals surface area contributed by atoms with Crippen LogP contribution < -0.4 is 10.1 Å². The minimum absolute atomic E-state index is 0.0713. The summed E-state index contributed by atoms with van der Waals surface area (Å²) in [7, 11) is 0. The largest absolute Gasteiger partial charge is 0.483 e. The zero-order valence-corrected chi connectivity index (χ0v) is 9.45. The number of para-hydroxylation sites is 1. The Morgan fingerprint density at radius 2 is 2.00 bits per heavy atom. The number of ether oxygens (including phenoxy) is 1. The van der Waals surface area contributed by atoms with Crippen LogP contribution in [0.4, 0.5) is 0 Å². The Balaban J connectivity index is 2.66. The van der Waals surface area contributed by atoms with Crippen LogP contribution in [-0.4, -0.2) is 24.8 Å². The third-order valence-corrected chi connectivity index (χ3v) is 2.00. The molecular weight excluding hydrogens is 206 g/mol. The van der Waals surface area contributed by atoms with Gasteiger partial charge in [0.1, 0.15) is 5.75 Å². The Bertz CT molecular complexity index is 388. The molecule has 86 valence electrons. The van der Waals surface area contributed by atoms with Gasteiger partial charge in [0.2, 0.25) is 0 Å². The lowest BCUT2D eigenvalue weighted by Crippen LogP contribution is -2.28. The highest BCUT2D eigenvalue weighted by Crippen LogP contribution is 2.17. The molecule has 0 aromatic heterocycles. The van der Waals surface area contributed by atoms with Crippen LogP contribution in [0.2, 0.25) is 0 Å². The molecule has 0 atom stereocenters. The van der Waals surface area contributed by atoms with Crippen molar-refractivity contribution < 1.29 is 14.3 Å². The maximum atomic E-state index is 11.3. The van der Waals surface area contributed by atoms with Gasteiger partial charge in [0.25, 0.3) is 5.91 Å². The Morgan fingerprint density at radius 3 is 2.62 bits per heavy atom. The number of carbonyl (C=O) groups excluding carboxylic acids is 2. The van der Waals surface area contributed by atoms with Crippen molar-refractivity contribution >= 4 is 11.7 Å². The molecular formula is C12H15NO3. The molecule has 0 spiro atoms. The summed E-state index contributed by atoms with van der Waals surface area (Å²) in [6.45, 7) is 3.80. The number of ketones is 1. The number of hydrogen-bond donors (Lipinski definition) is 1. The highest BCUT2D eigenvalue weighted by atomic mass is 16.5. The van der Waals surface area contributed by atoms with Crippen LogP contribution in [0.5, 0.6) is 5.75 Å². The van der Waals surface area contributed by atoms with Gasteiger partial charge in [-0.15, -0.1) is 0 Å². The molecule has 1 rings (SSSR count). The molecule has 4 heteroatoms. The van der Waals surface area contributed by atoms with Crippen molar-refractivity contribution in [3.05, 3.63) is 29.8 Å². The Hall–Kier alpha value is -1.84. The van der Waals surface area contributed by atoms with Gasteiger partial charge in [-0.25, -0.2) is 0 Å². The number of rotatable bonds is 5. The summed E-state index contributed by atoms with van der Waals surface area (Å²) in [5.41, 5.74) is 0.492. The van der Waals surface area contributed by atoms with Gasteiger partial charge in [0.05, 0.1) is 5.56 Å². The van der Waals surface area contributed by atoms with Crippen LogP contribution in [0.1, 0.15) is 24.2 Å². The lowest BCUT2D eigenvalue weighted by molar-refractivity contribution is -0.122. The molecule has 0 aliphatic rings. The van der Waals surface area contributed by atoms with Crippen molar-refractivity contribution in [2.24, 2.45) is 0 Å². The van der Waals surface area contributed by atoms with Crippen LogP contribution in [-0.2, 0) is 4.79 Å². The highest BCUT2D eigenvalue weighted by molar-refractivity contribution is 5.96. The molecule has 16 heavy (non-hydrogen) atoms. The second kappa shape index (κ2) is 5.90. The zero-order valence-electron chi connectivity index (χ0n) is 9.45. The molecule has 1 N–H and O–H groups in total. The summed E-state index contributed by atoms with van der Waals surface area (Å²) in [6.07, 6.45) is 0. The first-order valence-corrected chi connectivity index (χ1v) is 5.14. The van der Waals surface area contributed by atoms with E-state index in [4.69, 9.17) is 4.74 Å². The van der Waals surface area contributed by atoms with Gasteiger partial charge < -0.3 is 10.1 Å². The number of benzene rings is 1. The fraction of sp³-hybridized carbons (Fsp3) is 0.333. The molecule has 0 saturated carbocycles. The molecule has 1 aromatic rings. The number of carbonyl (C=O) groups is 2. The summed E-state index contributed by atoms with van der Waals surface area (Å²) in [4.78, 5) is 22.4. The number of amides is 1. The first-order chi connectivity index (χ1) is 7.65. The molecule has 0 heterocycles. The van der Waals surface area contributed by atoms with E-state index in [9.17, 15) is 9.59 Å². The average Bonchev–Trinajstić information content (AvgIpc) is 2.27. The molecule has 0 aliphatic carbocycles. The Labute approximate surface area is 94.6 Å². The van der Waals surface area contributed by atoms with E-state index in [-0.39, 0.29) is 18.3 Å². The van der Waals surface area contributed by atoms with Crippen molar-refractivity contribution in [1.82, 2.24) is 5.32 Å². The normalized spacial score (nSPS) is 9.62. The minimum atomic E-state index is -0.194. The maximum absolute atomic E-state index is 11.3. The molecule has 0 aliphatic heterocycles. The van der Waals surface area contributed by atoms with E-state index in [1.54, 1.807) is 24.3 Å². The van der Waals surface area contributed by atoms with Gasteiger partial charge in [-0.2, -0.15) is 0 Å². The maximum Gasteiger partial charge on any atom is 0.257 e. The van der Waals surface area contributed by atoms with E-state index in [1.807, 2.05) is 6.92 Å². The van der Waals surface area contributed by atoms with Gasteiger partial charge in [-0.1, -0.05) is 12.1 Å². The van der Waals surface area contributed by atoms with Crippen molar-refractivity contribution in [3.63, 3.8) is 0 Å². The lowest BCUT2D eigenvalue weighted by atomic mass is 10.1. The van der Waals surface area contributed by atoms with Crippen LogP contribution >= 0.6 is 0 Å². The number of hydrogen-bond acceptors (Lipinski definition) is 3. The molecule has 0 saturated heterocycles. The second-order valence-corrected chi connectivity index (χ2v) is 3.29. The molecule has 0 fully saturated rings. The average molecular weight is 221 g/mol. The zero-order chi connectivity index (χ0) is 12.0. The van der Waals surface area contributed by atoms with Crippen LogP contribution in [0.15, 0.2) is 24.3 Å². The fourth-order valence-corrected chi connectivity index (χ4v) is 1.27. The summed E-state index contributed by atoms with van der Waals surface area (Å²) in [5, 5.41) is 2.62. The standard InChI is InChI=1S/C12H15NO3/c1-3-13-12(15)8-16-11-7-5-4-6-10(11)9(2)14/h4-7H,3,8H2,1-2H3,(H,13,15). The topological polar surface area (TPSA) is 55.4 Å². The first-order valence-electron chi connectivity index (χ1n) is 5.14. The van der Waals surface area contributed by atoms with Crippen molar-refractivity contribution in [1.29, 1.82) is 0 Å². The smallest absolute Gasteiger partial charge is 0.257 e. The Kier molecular flexibility index (Phi) is 4.51. The molecule has 1 amide bonds. The monoisotopic (exact) mass is 221 g/mol. The molecule has 0 bridgehead atoms. The van der Waals surface area contributed by atoms with Gasteiger partial charge in [-0.3, -0.25) is 9.59 Å². The summed E-state index contributed by atoms with van der Waals surface area (Å²) >= 11 is 0. The summed E-state index contributed by atoms with van der Waals surface area (Å²) in [6, 6.07) is 6.88. The first kappa shape index (κ1) is 12.2. The SMILES string of the molecule is CCNC(=O)COc1ccccc1C(C)=O. The minimum Gasteiger partial charge on any atom is -0.483 e. The van der Waals surface area contributed by atoms with E-state index in [1.165, 1.54) is 6.92 Å². The van der Waals surface area contributed by atoms with E-state index in [0.29, 0.717) is 17.9 Å². The molecule has 4 nitrogen and oxygen atoms in total. The van der Waals surface area contributed by atoms with Gasteiger partial charge >= 0.3 is 0 Å². The molecule has 0 radical (unpaired) electrons. The second-order valence-electron chi connectivity index (χ2n) is 3.29. The highest BCUT2D eigenvalue weighted by Gasteiger charge is 2.08. The number of nitrogens with one attached hydrogen (secondary N) is 1. The van der Waals surface area contributed by atoms with Crippen LogP contribution in [0, 0.1) is 0 Å². The van der Waals surface area contributed by atoms with Crippen molar-refractivity contribution in [2.75, 3.05) is 13.2 Å². The molecule has 0 unspecified atom stereocenters. The third-order valence-electron chi connectivity index (χ3n) is 2.00. The van der Waals surface area contributed by atoms with E-state index >= 15 is 0 Å². The van der Waals surface area contributed by atoms with Crippen LogP contribution in [0.3, 0.4) is 0 Å². The fourth-order valence-electron chi connectivity index (χ4n) is 1.27. The van der Waals surface area contributed by atoms with Crippen LogP contribution in [0.25, 0.3) is 0 Å².